The van der Waals surface area contributed by atoms with E-state index in [-0.39, 0.29) is 11.8 Å². The van der Waals surface area contributed by atoms with Crippen LogP contribution in [0.25, 0.3) is 11.3 Å². The second-order valence-corrected chi connectivity index (χ2v) is 3.62. The van der Waals surface area contributed by atoms with Crippen molar-refractivity contribution < 1.29 is 9.13 Å². The van der Waals surface area contributed by atoms with E-state index in [2.05, 4.69) is 9.97 Å². The molecular weight excluding hydrogens is 221 g/mol. The zero-order chi connectivity index (χ0) is 12.4. The topological polar surface area (TPSA) is 61.0 Å². The normalized spacial score (nSPS) is 10.3. The largest absolute Gasteiger partial charge is 0.481 e. The summed E-state index contributed by atoms with van der Waals surface area (Å²) < 4.78 is 18.4. The first-order valence-electron chi connectivity index (χ1n) is 5.05. The van der Waals surface area contributed by atoms with Crippen molar-refractivity contribution in [1.82, 2.24) is 9.97 Å². The van der Waals surface area contributed by atoms with Crippen molar-refractivity contribution in [2.75, 3.05) is 12.8 Å². The SMILES string of the molecule is COc1cc(-c2ccc(C)c(F)c2)nc(N)n1. The summed E-state index contributed by atoms with van der Waals surface area (Å²) in [6, 6.07) is 6.49. The van der Waals surface area contributed by atoms with Crippen LogP contribution in [0.4, 0.5) is 10.3 Å². The lowest BCUT2D eigenvalue weighted by Crippen LogP contribution is -1.99. The predicted molar refractivity (Wildman–Crippen MR) is 63.1 cm³/mol. The van der Waals surface area contributed by atoms with Crippen molar-refractivity contribution in [3.63, 3.8) is 0 Å². The lowest BCUT2D eigenvalue weighted by atomic mass is 10.1. The van der Waals surface area contributed by atoms with Gasteiger partial charge in [-0.05, 0) is 18.6 Å². The monoisotopic (exact) mass is 233 g/mol. The van der Waals surface area contributed by atoms with Gasteiger partial charge in [-0.15, -0.1) is 0 Å². The van der Waals surface area contributed by atoms with Crippen LogP contribution in [0.1, 0.15) is 5.56 Å². The summed E-state index contributed by atoms with van der Waals surface area (Å²) in [7, 11) is 1.49. The molecule has 1 aromatic heterocycles. The van der Waals surface area contributed by atoms with Gasteiger partial charge in [-0.1, -0.05) is 12.1 Å². The Morgan fingerprint density at radius 2 is 2.00 bits per heavy atom. The molecule has 0 saturated heterocycles. The smallest absolute Gasteiger partial charge is 0.223 e. The summed E-state index contributed by atoms with van der Waals surface area (Å²) in [4.78, 5) is 7.91. The van der Waals surface area contributed by atoms with Gasteiger partial charge in [-0.25, -0.2) is 9.37 Å². The Balaban J connectivity index is 2.52. The van der Waals surface area contributed by atoms with Gasteiger partial charge in [0.1, 0.15) is 5.82 Å². The van der Waals surface area contributed by atoms with E-state index in [1.54, 1.807) is 25.1 Å². The highest BCUT2D eigenvalue weighted by atomic mass is 19.1. The number of anilines is 1. The van der Waals surface area contributed by atoms with Gasteiger partial charge in [0.2, 0.25) is 11.8 Å². The average molecular weight is 233 g/mol. The number of aryl methyl sites for hydroxylation is 1. The Labute approximate surface area is 98.3 Å². The fourth-order valence-corrected chi connectivity index (χ4v) is 1.45. The summed E-state index contributed by atoms with van der Waals surface area (Å²) in [6.07, 6.45) is 0. The molecule has 5 heteroatoms. The molecule has 0 amide bonds. The molecule has 1 aromatic carbocycles. The molecule has 0 aliphatic carbocycles. The number of rotatable bonds is 2. The van der Waals surface area contributed by atoms with E-state index in [1.165, 1.54) is 13.2 Å². The molecule has 0 saturated carbocycles. The van der Waals surface area contributed by atoms with Crippen molar-refractivity contribution in [2.24, 2.45) is 0 Å². The summed E-state index contributed by atoms with van der Waals surface area (Å²) in [6.45, 7) is 1.70. The Bertz CT molecular complexity index is 557. The Morgan fingerprint density at radius 3 is 2.65 bits per heavy atom. The Kier molecular flexibility index (Phi) is 2.91. The number of ether oxygens (including phenoxy) is 1. The number of nitrogens with two attached hydrogens (primary N) is 1. The van der Waals surface area contributed by atoms with E-state index in [0.717, 1.165) is 0 Å². The molecule has 2 aromatic rings. The number of aromatic nitrogens is 2. The van der Waals surface area contributed by atoms with Gasteiger partial charge in [-0.3, -0.25) is 0 Å². The molecule has 0 atom stereocenters. The van der Waals surface area contributed by atoms with Gasteiger partial charge in [0.05, 0.1) is 12.8 Å². The second kappa shape index (κ2) is 4.37. The van der Waals surface area contributed by atoms with E-state index in [0.29, 0.717) is 22.7 Å². The second-order valence-electron chi connectivity index (χ2n) is 3.62. The molecule has 0 fully saturated rings. The van der Waals surface area contributed by atoms with E-state index in [9.17, 15) is 4.39 Å². The minimum atomic E-state index is -0.279. The average Bonchev–Trinajstić information content (AvgIpc) is 2.32. The van der Waals surface area contributed by atoms with E-state index < -0.39 is 0 Å². The first-order chi connectivity index (χ1) is 8.10. The summed E-state index contributed by atoms with van der Waals surface area (Å²) in [5.41, 5.74) is 7.30. The number of benzene rings is 1. The van der Waals surface area contributed by atoms with Crippen molar-refractivity contribution in [2.45, 2.75) is 6.92 Å². The maximum atomic E-state index is 13.4. The minimum absolute atomic E-state index is 0.0975. The number of methoxy groups -OCH3 is 1. The van der Waals surface area contributed by atoms with Crippen LogP contribution >= 0.6 is 0 Å². The van der Waals surface area contributed by atoms with Crippen molar-refractivity contribution in [1.29, 1.82) is 0 Å². The summed E-state index contributed by atoms with van der Waals surface area (Å²) >= 11 is 0. The van der Waals surface area contributed by atoms with Crippen LogP contribution in [-0.4, -0.2) is 17.1 Å². The van der Waals surface area contributed by atoms with Crippen LogP contribution in [0.15, 0.2) is 24.3 Å². The molecule has 0 bridgehead atoms. The van der Waals surface area contributed by atoms with Gasteiger partial charge in [0.15, 0.2) is 0 Å². The molecule has 17 heavy (non-hydrogen) atoms. The quantitative estimate of drug-likeness (QED) is 0.863. The molecule has 2 N–H and O–H groups in total. The Morgan fingerprint density at radius 1 is 1.24 bits per heavy atom. The molecular formula is C12H12FN3O. The van der Waals surface area contributed by atoms with Crippen molar-refractivity contribution in [3.05, 3.63) is 35.6 Å². The highest BCUT2D eigenvalue weighted by molar-refractivity contribution is 5.61. The number of nitrogens with zero attached hydrogens (tertiary/aromatic N) is 2. The number of nitrogen functional groups attached to an aromatic ring is 1. The lowest BCUT2D eigenvalue weighted by Gasteiger charge is -2.05. The number of hydrogen-bond donors (Lipinski definition) is 1. The Hall–Kier alpha value is -2.17. The van der Waals surface area contributed by atoms with Crippen molar-refractivity contribution >= 4 is 5.95 Å². The summed E-state index contributed by atoms with van der Waals surface area (Å²) in [5, 5.41) is 0. The maximum absolute atomic E-state index is 13.4. The van der Waals surface area contributed by atoms with E-state index >= 15 is 0 Å². The highest BCUT2D eigenvalue weighted by Crippen LogP contribution is 2.23. The van der Waals surface area contributed by atoms with E-state index in [4.69, 9.17) is 10.5 Å². The van der Waals surface area contributed by atoms with E-state index in [1.807, 2.05) is 0 Å². The first-order valence-corrected chi connectivity index (χ1v) is 5.05. The van der Waals surface area contributed by atoms with Gasteiger partial charge < -0.3 is 10.5 Å². The van der Waals surface area contributed by atoms with Crippen LogP contribution in [0, 0.1) is 12.7 Å². The van der Waals surface area contributed by atoms with Gasteiger partial charge in [0.25, 0.3) is 0 Å². The third-order valence-corrected chi connectivity index (χ3v) is 2.40. The molecule has 1 heterocycles. The number of hydrogen-bond acceptors (Lipinski definition) is 4. The molecule has 0 aliphatic rings. The van der Waals surface area contributed by atoms with Crippen molar-refractivity contribution in [3.8, 4) is 17.1 Å². The fourth-order valence-electron chi connectivity index (χ4n) is 1.45. The molecule has 88 valence electrons. The van der Waals surface area contributed by atoms with Gasteiger partial charge in [0, 0.05) is 11.6 Å². The predicted octanol–water partition coefficient (Wildman–Crippen LogP) is 2.18. The van der Waals surface area contributed by atoms with Crippen LogP contribution in [0.2, 0.25) is 0 Å². The summed E-state index contributed by atoms with van der Waals surface area (Å²) in [5.74, 6) is 0.174. The van der Waals surface area contributed by atoms with Crippen LogP contribution in [0.5, 0.6) is 5.88 Å². The zero-order valence-corrected chi connectivity index (χ0v) is 9.57. The minimum Gasteiger partial charge on any atom is -0.481 e. The molecule has 0 aliphatic heterocycles. The van der Waals surface area contributed by atoms with Gasteiger partial charge >= 0.3 is 0 Å². The fraction of sp³-hybridized carbons (Fsp3) is 0.167. The highest BCUT2D eigenvalue weighted by Gasteiger charge is 2.07. The van der Waals surface area contributed by atoms with Crippen LogP contribution in [0.3, 0.4) is 0 Å². The maximum Gasteiger partial charge on any atom is 0.223 e. The molecule has 0 spiro atoms. The standard InChI is InChI=1S/C12H12FN3O/c1-7-3-4-8(5-9(7)13)10-6-11(17-2)16-12(14)15-10/h3-6H,1-2H3,(H2,14,15,16). The van der Waals surface area contributed by atoms with Crippen LogP contribution in [-0.2, 0) is 0 Å². The molecule has 0 unspecified atom stereocenters. The molecule has 0 radical (unpaired) electrons. The number of halogens is 1. The van der Waals surface area contributed by atoms with Gasteiger partial charge in [-0.2, -0.15) is 4.98 Å². The third-order valence-electron chi connectivity index (χ3n) is 2.40. The molecule has 4 nitrogen and oxygen atoms in total. The third kappa shape index (κ3) is 2.33. The lowest BCUT2D eigenvalue weighted by molar-refractivity contribution is 0.398. The van der Waals surface area contributed by atoms with Crippen LogP contribution < -0.4 is 10.5 Å². The zero-order valence-electron chi connectivity index (χ0n) is 9.57. The first kappa shape index (κ1) is 11.3. The molecule has 2 rings (SSSR count).